The smallest absolute Gasteiger partial charge is 0.303 e. The monoisotopic (exact) mass is 373 g/mol. The molecule has 0 aliphatic rings. The molecule has 0 spiro atoms. The lowest BCUT2D eigenvalue weighted by Gasteiger charge is -2.18. The van der Waals surface area contributed by atoms with E-state index in [9.17, 15) is 13.2 Å². The topological polar surface area (TPSA) is 83.5 Å². The number of carboxylic acid groups (broad SMARTS) is 1. The molecule has 1 atom stereocenters. The third-order valence-corrected chi connectivity index (χ3v) is 6.73. The number of carbonyl (C=O) groups is 1. The quantitative estimate of drug-likeness (QED) is 0.744. The van der Waals surface area contributed by atoms with Gasteiger partial charge < -0.3 is 5.11 Å². The fourth-order valence-corrected chi connectivity index (χ4v) is 5.12. The molecule has 0 bridgehead atoms. The molecule has 0 saturated carbocycles. The summed E-state index contributed by atoms with van der Waals surface area (Å²) in [5.41, 5.74) is 0.933. The first kappa shape index (κ1) is 17.9. The van der Waals surface area contributed by atoms with E-state index in [4.69, 9.17) is 16.7 Å². The molecule has 2 N–H and O–H groups in total. The van der Waals surface area contributed by atoms with Gasteiger partial charge in [0.25, 0.3) is 10.0 Å². The third-order valence-electron chi connectivity index (χ3n) is 3.18. The van der Waals surface area contributed by atoms with Gasteiger partial charge in [-0.1, -0.05) is 41.9 Å². The van der Waals surface area contributed by atoms with E-state index >= 15 is 0 Å². The van der Waals surface area contributed by atoms with Crippen LogP contribution in [-0.4, -0.2) is 25.5 Å². The summed E-state index contributed by atoms with van der Waals surface area (Å²) in [6, 6.07) is 10.3. The Morgan fingerprint density at radius 1 is 1.26 bits per heavy atom. The molecule has 124 valence electrons. The Morgan fingerprint density at radius 3 is 2.52 bits per heavy atom. The Labute approximate surface area is 144 Å². The van der Waals surface area contributed by atoms with E-state index in [1.54, 1.807) is 5.38 Å². The van der Waals surface area contributed by atoms with Crippen molar-refractivity contribution >= 4 is 38.9 Å². The van der Waals surface area contributed by atoms with Crippen molar-refractivity contribution in [1.29, 1.82) is 0 Å². The lowest BCUT2D eigenvalue weighted by molar-refractivity contribution is -0.137. The van der Waals surface area contributed by atoms with Crippen LogP contribution in [0.25, 0.3) is 0 Å². The molecular formula is C15H16ClNO4S2. The molecule has 0 radical (unpaired) electrons. The number of sulfonamides is 1. The van der Waals surface area contributed by atoms with Gasteiger partial charge in [0.2, 0.25) is 0 Å². The van der Waals surface area contributed by atoms with Crippen molar-refractivity contribution in [1.82, 2.24) is 4.72 Å². The van der Waals surface area contributed by atoms with Gasteiger partial charge in [-0.05, 0) is 29.9 Å². The van der Waals surface area contributed by atoms with Crippen molar-refractivity contribution in [3.63, 3.8) is 0 Å². The predicted molar refractivity (Wildman–Crippen MR) is 90.5 cm³/mol. The highest BCUT2D eigenvalue weighted by Gasteiger charge is 2.24. The molecule has 23 heavy (non-hydrogen) atoms. The van der Waals surface area contributed by atoms with Crippen molar-refractivity contribution in [2.75, 3.05) is 0 Å². The Hall–Kier alpha value is -1.41. The van der Waals surface area contributed by atoms with Gasteiger partial charge in [0.05, 0.1) is 5.02 Å². The number of hydrogen-bond acceptors (Lipinski definition) is 4. The first-order valence-electron chi connectivity index (χ1n) is 6.89. The predicted octanol–water partition coefficient (Wildman–Crippen LogP) is 3.16. The Morgan fingerprint density at radius 2 is 1.96 bits per heavy atom. The number of benzene rings is 1. The van der Waals surface area contributed by atoms with Crippen molar-refractivity contribution in [2.45, 2.75) is 29.5 Å². The molecule has 1 aromatic carbocycles. The van der Waals surface area contributed by atoms with Gasteiger partial charge in [0.1, 0.15) is 0 Å². The van der Waals surface area contributed by atoms with Gasteiger partial charge in [-0.15, -0.1) is 11.3 Å². The average Bonchev–Trinajstić information content (AvgIpc) is 2.92. The zero-order valence-electron chi connectivity index (χ0n) is 12.1. The molecule has 2 rings (SSSR count). The maximum Gasteiger partial charge on any atom is 0.303 e. The van der Waals surface area contributed by atoms with E-state index in [1.165, 1.54) is 6.07 Å². The highest BCUT2D eigenvalue weighted by atomic mass is 35.5. The second-order valence-electron chi connectivity index (χ2n) is 5.00. The van der Waals surface area contributed by atoms with Gasteiger partial charge in [0.15, 0.2) is 4.21 Å². The number of thiophene rings is 1. The summed E-state index contributed by atoms with van der Waals surface area (Å²) in [4.78, 5) is 10.8. The minimum atomic E-state index is -3.77. The van der Waals surface area contributed by atoms with Crippen LogP contribution in [-0.2, 0) is 21.2 Å². The van der Waals surface area contributed by atoms with Gasteiger partial charge >= 0.3 is 5.97 Å². The van der Waals surface area contributed by atoms with Crippen molar-refractivity contribution in [3.8, 4) is 0 Å². The number of carboxylic acids is 1. The van der Waals surface area contributed by atoms with Crippen LogP contribution in [0.5, 0.6) is 0 Å². The normalized spacial score (nSPS) is 12.9. The third kappa shape index (κ3) is 5.31. The number of rotatable bonds is 8. The minimum Gasteiger partial charge on any atom is -0.481 e. The Balaban J connectivity index is 2.16. The Bertz CT molecular complexity index is 759. The van der Waals surface area contributed by atoms with Crippen LogP contribution in [0, 0.1) is 0 Å². The summed E-state index contributed by atoms with van der Waals surface area (Å²) in [6.07, 6.45) is 0.501. The largest absolute Gasteiger partial charge is 0.481 e. The second kappa shape index (κ2) is 7.92. The van der Waals surface area contributed by atoms with E-state index in [0.29, 0.717) is 6.42 Å². The summed E-state index contributed by atoms with van der Waals surface area (Å²) < 4.78 is 27.5. The number of aliphatic carboxylic acids is 1. The first-order chi connectivity index (χ1) is 10.9. The molecule has 8 heteroatoms. The van der Waals surface area contributed by atoms with Gasteiger partial charge in [-0.2, -0.15) is 0 Å². The molecule has 2 aromatic rings. The van der Waals surface area contributed by atoms with E-state index < -0.39 is 22.0 Å². The van der Waals surface area contributed by atoms with Crippen LogP contribution < -0.4 is 4.72 Å². The number of halogens is 1. The standard InChI is InChI=1S/C15H16ClNO4S2/c16-13-8-9-22-15(13)23(20,21)17-12(6-7-14(18)19)10-11-4-2-1-3-5-11/h1-5,8-9,12,17H,6-7,10H2,(H,18,19). The summed E-state index contributed by atoms with van der Waals surface area (Å²) in [6.45, 7) is 0. The lowest BCUT2D eigenvalue weighted by atomic mass is 10.0. The molecular weight excluding hydrogens is 358 g/mol. The highest BCUT2D eigenvalue weighted by Crippen LogP contribution is 2.27. The molecule has 0 fully saturated rings. The maximum absolute atomic E-state index is 12.4. The van der Waals surface area contributed by atoms with Crippen molar-refractivity contribution in [3.05, 3.63) is 52.4 Å². The van der Waals surface area contributed by atoms with Crippen LogP contribution in [0.15, 0.2) is 46.0 Å². The summed E-state index contributed by atoms with van der Waals surface area (Å²) in [7, 11) is -3.77. The molecule has 1 unspecified atom stereocenters. The zero-order chi connectivity index (χ0) is 16.9. The lowest BCUT2D eigenvalue weighted by Crippen LogP contribution is -2.36. The first-order valence-corrected chi connectivity index (χ1v) is 9.63. The molecule has 1 aromatic heterocycles. The molecule has 0 aliphatic carbocycles. The van der Waals surface area contributed by atoms with Gasteiger partial charge in [-0.25, -0.2) is 13.1 Å². The molecule has 1 heterocycles. The highest BCUT2D eigenvalue weighted by molar-refractivity contribution is 7.91. The minimum absolute atomic E-state index is 0.0487. The van der Waals surface area contributed by atoms with Crippen LogP contribution in [0.2, 0.25) is 5.02 Å². The molecule has 0 amide bonds. The van der Waals surface area contributed by atoms with Crippen LogP contribution in [0.1, 0.15) is 18.4 Å². The van der Waals surface area contributed by atoms with E-state index in [1.807, 2.05) is 30.3 Å². The molecule has 0 aliphatic heterocycles. The summed E-state index contributed by atoms with van der Waals surface area (Å²) in [5.74, 6) is -0.962. The summed E-state index contributed by atoms with van der Waals surface area (Å²) in [5, 5.41) is 10.6. The van der Waals surface area contributed by atoms with Crippen molar-refractivity contribution < 1.29 is 18.3 Å². The molecule has 0 saturated heterocycles. The van der Waals surface area contributed by atoms with Gasteiger partial charge in [0, 0.05) is 12.5 Å². The fraction of sp³-hybridized carbons (Fsp3) is 0.267. The van der Waals surface area contributed by atoms with E-state index in [2.05, 4.69) is 4.72 Å². The van der Waals surface area contributed by atoms with Crippen LogP contribution >= 0.6 is 22.9 Å². The fourth-order valence-electron chi connectivity index (χ4n) is 2.14. The van der Waals surface area contributed by atoms with E-state index in [-0.39, 0.29) is 22.1 Å². The second-order valence-corrected chi connectivity index (χ2v) is 8.23. The van der Waals surface area contributed by atoms with Crippen LogP contribution in [0.4, 0.5) is 0 Å². The SMILES string of the molecule is O=C(O)CCC(Cc1ccccc1)NS(=O)(=O)c1sccc1Cl. The maximum atomic E-state index is 12.4. The molecule has 5 nitrogen and oxygen atoms in total. The number of hydrogen-bond donors (Lipinski definition) is 2. The summed E-state index contributed by atoms with van der Waals surface area (Å²) >= 11 is 6.92. The van der Waals surface area contributed by atoms with Crippen LogP contribution in [0.3, 0.4) is 0 Å². The Kier molecular flexibility index (Phi) is 6.17. The number of nitrogens with one attached hydrogen (secondary N) is 1. The van der Waals surface area contributed by atoms with Gasteiger partial charge in [-0.3, -0.25) is 4.79 Å². The van der Waals surface area contributed by atoms with Crippen molar-refractivity contribution in [2.24, 2.45) is 0 Å². The average molecular weight is 374 g/mol. The zero-order valence-corrected chi connectivity index (χ0v) is 14.5. The van der Waals surface area contributed by atoms with E-state index in [0.717, 1.165) is 16.9 Å².